The van der Waals surface area contributed by atoms with Gasteiger partial charge in [-0.3, -0.25) is 9.59 Å². The van der Waals surface area contributed by atoms with Gasteiger partial charge in [0.25, 0.3) is 0 Å². The number of amidine groups is 2. The predicted molar refractivity (Wildman–Crippen MR) is 183 cm³/mol. The number of oxime groups is 2. The molecule has 1 heterocycles. The maximum Gasteiger partial charge on any atom is 0.335 e. The van der Waals surface area contributed by atoms with Gasteiger partial charge in [0, 0.05) is 17.7 Å². The molecule has 1 aliphatic heterocycles. The van der Waals surface area contributed by atoms with E-state index in [1.165, 1.54) is 14.2 Å². The second kappa shape index (κ2) is 21.7. The minimum Gasteiger partial charge on any atom is -0.494 e. The number of esters is 2. The minimum absolute atomic E-state index is 0.0392. The molecule has 0 bridgehead atoms. The number of hydrogen-bond acceptors (Lipinski definition) is 13. The largest absolute Gasteiger partial charge is 0.494 e. The molecule has 2 aromatic rings. The summed E-state index contributed by atoms with van der Waals surface area (Å²) in [7, 11) is 2.49. The van der Waals surface area contributed by atoms with Crippen molar-refractivity contribution in [2.24, 2.45) is 27.7 Å². The first-order valence-corrected chi connectivity index (χ1v) is 16.6. The number of rotatable bonds is 20. The smallest absolute Gasteiger partial charge is 0.335 e. The second-order valence-corrected chi connectivity index (χ2v) is 11.6. The highest BCUT2D eigenvalue weighted by Gasteiger charge is 2.19. The third kappa shape index (κ3) is 14.9. The number of likely N-dealkylation sites (tertiary alicyclic amines) is 1. The molecule has 4 N–H and O–H groups in total. The third-order valence-corrected chi connectivity index (χ3v) is 7.93. The van der Waals surface area contributed by atoms with Crippen molar-refractivity contribution in [2.75, 3.05) is 47.1 Å². The van der Waals surface area contributed by atoms with Gasteiger partial charge in [-0.1, -0.05) is 10.3 Å². The zero-order valence-corrected chi connectivity index (χ0v) is 28.7. The number of ether oxygens (including phenoxy) is 4. The number of methoxy groups -OCH3 is 2. The van der Waals surface area contributed by atoms with Gasteiger partial charge >= 0.3 is 23.9 Å². The van der Waals surface area contributed by atoms with Crippen molar-refractivity contribution in [3.63, 3.8) is 0 Å². The summed E-state index contributed by atoms with van der Waals surface area (Å²) in [6.07, 6.45) is 4.83. The number of carbonyl (C=O) groups excluding carboxylic acids is 4. The number of nitrogens with zero attached hydrogens (tertiary/aromatic N) is 3. The van der Waals surface area contributed by atoms with Gasteiger partial charge < -0.3 is 45.0 Å². The van der Waals surface area contributed by atoms with Crippen molar-refractivity contribution in [1.29, 1.82) is 0 Å². The van der Waals surface area contributed by atoms with Crippen LogP contribution in [-0.2, 0) is 38.3 Å². The van der Waals surface area contributed by atoms with E-state index in [4.69, 9.17) is 30.6 Å². The normalized spacial score (nSPS) is 14.0. The Labute approximate surface area is 291 Å². The molecule has 1 aliphatic rings. The van der Waals surface area contributed by atoms with Crippen LogP contribution < -0.4 is 20.9 Å². The number of carbonyl (C=O) groups is 4. The summed E-state index contributed by atoms with van der Waals surface area (Å²) in [6, 6.07) is 14.1. The Morgan fingerprint density at radius 1 is 0.660 bits per heavy atom. The van der Waals surface area contributed by atoms with Gasteiger partial charge in [0.2, 0.25) is 0 Å². The quantitative estimate of drug-likeness (QED) is 0.0510. The van der Waals surface area contributed by atoms with Crippen molar-refractivity contribution in [1.82, 2.24) is 4.90 Å². The van der Waals surface area contributed by atoms with Crippen LogP contribution in [0.2, 0.25) is 0 Å². The average Bonchev–Trinajstić information content (AvgIpc) is 3.15. The third-order valence-electron chi connectivity index (χ3n) is 7.93. The van der Waals surface area contributed by atoms with E-state index in [2.05, 4.69) is 24.7 Å². The first-order valence-electron chi connectivity index (χ1n) is 16.6. The SMILES string of the molecule is COC(=O)CCC(=O)ON=C(N)c1ccc(OCCCC2CCN(CCCOc3ccc(C(N)=NOC(=O)CCC(=O)OC)cc3)CC2)cc1. The van der Waals surface area contributed by atoms with Crippen LogP contribution in [0.4, 0.5) is 0 Å². The van der Waals surface area contributed by atoms with Crippen molar-refractivity contribution in [3.8, 4) is 11.5 Å². The highest BCUT2D eigenvalue weighted by atomic mass is 16.7. The lowest BCUT2D eigenvalue weighted by Crippen LogP contribution is -2.35. The van der Waals surface area contributed by atoms with Crippen LogP contribution in [0.1, 0.15) is 68.9 Å². The second-order valence-electron chi connectivity index (χ2n) is 11.6. The fraction of sp³-hybridized carbons (Fsp3) is 0.486. The lowest BCUT2D eigenvalue weighted by atomic mass is 9.92. The molecule has 3 rings (SSSR count). The van der Waals surface area contributed by atoms with Gasteiger partial charge in [-0.25, -0.2) is 9.59 Å². The molecule has 0 aliphatic carbocycles. The fourth-order valence-corrected chi connectivity index (χ4v) is 4.99. The molecule has 0 spiro atoms. The fourth-order valence-electron chi connectivity index (χ4n) is 4.99. The van der Waals surface area contributed by atoms with E-state index in [0.29, 0.717) is 36.0 Å². The van der Waals surface area contributed by atoms with E-state index in [9.17, 15) is 19.2 Å². The zero-order chi connectivity index (χ0) is 36.1. The van der Waals surface area contributed by atoms with Crippen molar-refractivity contribution < 1.29 is 47.8 Å². The van der Waals surface area contributed by atoms with Crippen LogP contribution in [0.15, 0.2) is 58.8 Å². The van der Waals surface area contributed by atoms with Gasteiger partial charge in [0.15, 0.2) is 11.7 Å². The minimum atomic E-state index is -0.677. The predicted octanol–water partition coefficient (Wildman–Crippen LogP) is 3.26. The molecule has 1 fully saturated rings. The zero-order valence-electron chi connectivity index (χ0n) is 28.7. The van der Waals surface area contributed by atoms with Crippen molar-refractivity contribution in [3.05, 3.63) is 59.7 Å². The molecule has 1 saturated heterocycles. The summed E-state index contributed by atoms with van der Waals surface area (Å²) >= 11 is 0. The molecule has 50 heavy (non-hydrogen) atoms. The van der Waals surface area contributed by atoms with Crippen LogP contribution in [0, 0.1) is 5.92 Å². The van der Waals surface area contributed by atoms with E-state index in [0.717, 1.165) is 57.5 Å². The van der Waals surface area contributed by atoms with Gasteiger partial charge in [0.1, 0.15) is 11.5 Å². The van der Waals surface area contributed by atoms with Gasteiger partial charge in [0.05, 0.1) is 53.1 Å². The van der Waals surface area contributed by atoms with Gasteiger partial charge in [-0.2, -0.15) is 0 Å². The molecule has 0 aromatic heterocycles. The number of nitrogens with two attached hydrogens (primary N) is 2. The Kier molecular flexibility index (Phi) is 17.1. The topological polar surface area (TPSA) is 204 Å². The molecule has 0 atom stereocenters. The maximum atomic E-state index is 11.7. The van der Waals surface area contributed by atoms with Crippen LogP contribution in [0.5, 0.6) is 11.5 Å². The molecule has 15 heteroatoms. The monoisotopic (exact) mass is 697 g/mol. The molecule has 272 valence electrons. The van der Waals surface area contributed by atoms with E-state index in [1.54, 1.807) is 48.5 Å². The molecule has 0 saturated carbocycles. The summed E-state index contributed by atoms with van der Waals surface area (Å²) < 4.78 is 20.7. The average molecular weight is 698 g/mol. The molecule has 15 nitrogen and oxygen atoms in total. The standard InChI is InChI=1S/C35H47N5O10/c1-45-30(41)14-16-32(43)49-38-34(36)26-6-10-28(11-7-26)47-23-3-5-25-18-21-40(22-19-25)20-4-24-48-29-12-8-27(9-13-29)35(37)39-50-33(44)17-15-31(42)46-2/h6-13,25H,3-5,14-24H2,1-2H3,(H2,36,38)(H2,37,39). The Bertz CT molecular complexity index is 1330. The summed E-state index contributed by atoms with van der Waals surface area (Å²) in [4.78, 5) is 57.5. The van der Waals surface area contributed by atoms with Crippen molar-refractivity contribution >= 4 is 35.5 Å². The summed E-state index contributed by atoms with van der Waals surface area (Å²) in [5.41, 5.74) is 12.9. The molecular formula is C35H47N5O10. The Balaban J connectivity index is 1.23. The Morgan fingerprint density at radius 2 is 1.08 bits per heavy atom. The highest BCUT2D eigenvalue weighted by Crippen LogP contribution is 2.23. The van der Waals surface area contributed by atoms with E-state index < -0.39 is 23.9 Å². The van der Waals surface area contributed by atoms with Crippen LogP contribution >= 0.6 is 0 Å². The lowest BCUT2D eigenvalue weighted by molar-refractivity contribution is -0.149. The van der Waals surface area contributed by atoms with Crippen molar-refractivity contribution in [2.45, 2.75) is 57.8 Å². The molecule has 0 unspecified atom stereocenters. The highest BCUT2D eigenvalue weighted by molar-refractivity contribution is 5.98. The van der Waals surface area contributed by atoms with E-state index >= 15 is 0 Å². The summed E-state index contributed by atoms with van der Waals surface area (Å²) in [5.74, 6) is -0.181. The van der Waals surface area contributed by atoms with Gasteiger partial charge in [-0.05, 0) is 99.6 Å². The maximum absolute atomic E-state index is 11.7. The van der Waals surface area contributed by atoms with Gasteiger partial charge in [-0.15, -0.1) is 0 Å². The number of hydrogen-bond donors (Lipinski definition) is 2. The van der Waals surface area contributed by atoms with E-state index in [-0.39, 0.29) is 37.4 Å². The molecule has 0 radical (unpaired) electrons. The number of piperidine rings is 1. The van der Waals surface area contributed by atoms with Crippen LogP contribution in [0.3, 0.4) is 0 Å². The van der Waals surface area contributed by atoms with Crippen LogP contribution in [-0.4, -0.2) is 87.5 Å². The molecular weight excluding hydrogens is 650 g/mol. The molecule has 2 aromatic carbocycles. The lowest BCUT2D eigenvalue weighted by Gasteiger charge is -2.32. The van der Waals surface area contributed by atoms with E-state index in [1.807, 2.05) is 0 Å². The Hall–Kier alpha value is -5.18. The molecule has 0 amide bonds. The Morgan fingerprint density at radius 3 is 1.52 bits per heavy atom. The van der Waals surface area contributed by atoms with Crippen LogP contribution in [0.25, 0.3) is 0 Å². The first kappa shape index (κ1) is 39.3. The summed E-state index contributed by atoms with van der Waals surface area (Å²) in [5, 5.41) is 7.27. The summed E-state index contributed by atoms with van der Waals surface area (Å²) in [6.45, 7) is 4.31. The number of benzene rings is 2. The first-order chi connectivity index (χ1) is 24.2.